The van der Waals surface area contributed by atoms with E-state index < -0.39 is 0 Å². The van der Waals surface area contributed by atoms with E-state index in [0.29, 0.717) is 5.36 Å². The van der Waals surface area contributed by atoms with Crippen molar-refractivity contribution in [2.75, 3.05) is 0 Å². The van der Waals surface area contributed by atoms with E-state index in [1.807, 2.05) is 27.7 Å². The Labute approximate surface area is 90.9 Å². The third-order valence-corrected chi connectivity index (χ3v) is 3.21. The number of halogens is 1. The molecule has 2 heterocycles. The summed E-state index contributed by atoms with van der Waals surface area (Å²) in [5.74, 6) is 0. The van der Waals surface area contributed by atoms with Gasteiger partial charge in [-0.3, -0.25) is 0 Å². The zero-order valence-corrected chi connectivity index (χ0v) is 8.98. The lowest BCUT2D eigenvalue weighted by atomic mass is 10.3. The zero-order valence-electron chi connectivity index (χ0n) is 7.40. The predicted molar refractivity (Wildman–Crippen MR) is 58.7 cm³/mol. The summed E-state index contributed by atoms with van der Waals surface area (Å²) >= 11 is 7.59. The fraction of sp³-hybridized carbons (Fsp3) is 0.100. The van der Waals surface area contributed by atoms with Gasteiger partial charge in [0.25, 0.3) is 0 Å². The minimum absolute atomic E-state index is 0.526. The molecule has 2 nitrogen and oxygen atoms in total. The fourth-order valence-corrected chi connectivity index (χ4v) is 2.22. The standard InChI is InChI=1S/C10H9ClN2S/c11-10-7-14-6-8(10)5-13-3-1-9(12)2-4-13/h1-4,6-7,12H,5H2. The number of pyridine rings is 1. The molecule has 4 heteroatoms. The van der Waals surface area contributed by atoms with Crippen LogP contribution in [0.2, 0.25) is 5.02 Å². The molecule has 0 amide bonds. The highest BCUT2D eigenvalue weighted by atomic mass is 35.5. The van der Waals surface area contributed by atoms with E-state index in [4.69, 9.17) is 17.0 Å². The van der Waals surface area contributed by atoms with Crippen LogP contribution < -0.4 is 5.36 Å². The zero-order chi connectivity index (χ0) is 9.97. The minimum atomic E-state index is 0.526. The van der Waals surface area contributed by atoms with Gasteiger partial charge in [-0.1, -0.05) is 11.6 Å². The van der Waals surface area contributed by atoms with E-state index in [1.54, 1.807) is 23.5 Å². The molecule has 0 spiro atoms. The van der Waals surface area contributed by atoms with Gasteiger partial charge < -0.3 is 9.98 Å². The van der Waals surface area contributed by atoms with Crippen molar-refractivity contribution in [3.63, 3.8) is 0 Å². The third-order valence-electron chi connectivity index (χ3n) is 1.93. The Morgan fingerprint density at radius 2 is 2.00 bits per heavy atom. The normalized spacial score (nSPS) is 10.4. The van der Waals surface area contributed by atoms with Crippen molar-refractivity contribution in [2.45, 2.75) is 6.54 Å². The molecule has 0 bridgehead atoms. The highest BCUT2D eigenvalue weighted by Crippen LogP contribution is 2.21. The average Bonchev–Trinajstić information content (AvgIpc) is 2.56. The first-order chi connectivity index (χ1) is 6.75. The molecule has 0 aromatic carbocycles. The van der Waals surface area contributed by atoms with Crippen molar-refractivity contribution in [3.05, 3.63) is 51.2 Å². The molecule has 0 saturated heterocycles. The Bertz CT molecular complexity index is 466. The second kappa shape index (κ2) is 3.98. The van der Waals surface area contributed by atoms with Gasteiger partial charge in [-0.25, -0.2) is 0 Å². The third kappa shape index (κ3) is 2.05. The van der Waals surface area contributed by atoms with Crippen molar-refractivity contribution in [2.24, 2.45) is 0 Å². The smallest absolute Gasteiger partial charge is 0.0568 e. The molecule has 2 aromatic rings. The Morgan fingerprint density at radius 3 is 2.57 bits per heavy atom. The van der Waals surface area contributed by atoms with Crippen molar-refractivity contribution in [1.29, 1.82) is 5.41 Å². The first-order valence-corrected chi connectivity index (χ1v) is 5.49. The topological polar surface area (TPSA) is 28.8 Å². The van der Waals surface area contributed by atoms with Gasteiger partial charge in [-0.15, -0.1) is 0 Å². The van der Waals surface area contributed by atoms with Gasteiger partial charge in [0, 0.05) is 29.9 Å². The summed E-state index contributed by atoms with van der Waals surface area (Å²) in [7, 11) is 0. The number of nitrogens with zero attached hydrogens (tertiary/aromatic N) is 1. The number of hydrogen-bond acceptors (Lipinski definition) is 2. The average molecular weight is 225 g/mol. The van der Waals surface area contributed by atoms with Crippen LogP contribution in [0.3, 0.4) is 0 Å². The molecule has 2 rings (SSSR count). The number of nitrogens with one attached hydrogen (secondary N) is 1. The second-order valence-electron chi connectivity index (χ2n) is 3.00. The summed E-state index contributed by atoms with van der Waals surface area (Å²) in [6.45, 7) is 0.766. The van der Waals surface area contributed by atoms with E-state index in [2.05, 4.69) is 0 Å². The lowest BCUT2D eigenvalue weighted by molar-refractivity contribution is 0.789. The van der Waals surface area contributed by atoms with Crippen LogP contribution >= 0.6 is 22.9 Å². The SMILES string of the molecule is N=c1ccn(Cc2cscc2Cl)cc1. The largest absolute Gasteiger partial charge is 0.350 e. The van der Waals surface area contributed by atoms with Crippen molar-refractivity contribution in [3.8, 4) is 0 Å². The molecule has 0 saturated carbocycles. The number of thiophene rings is 1. The summed E-state index contributed by atoms with van der Waals surface area (Å²) < 4.78 is 2.01. The van der Waals surface area contributed by atoms with E-state index in [9.17, 15) is 0 Å². The molecule has 0 atom stereocenters. The summed E-state index contributed by atoms with van der Waals surface area (Å²) in [6.07, 6.45) is 3.77. The number of rotatable bonds is 2. The Balaban J connectivity index is 2.23. The van der Waals surface area contributed by atoms with Gasteiger partial charge >= 0.3 is 0 Å². The van der Waals surface area contributed by atoms with E-state index in [1.165, 1.54) is 0 Å². The summed E-state index contributed by atoms with van der Waals surface area (Å²) in [4.78, 5) is 0. The first-order valence-electron chi connectivity index (χ1n) is 4.17. The van der Waals surface area contributed by atoms with E-state index >= 15 is 0 Å². The van der Waals surface area contributed by atoms with Crippen LogP contribution in [0.25, 0.3) is 0 Å². The van der Waals surface area contributed by atoms with E-state index in [-0.39, 0.29) is 0 Å². The monoisotopic (exact) mass is 224 g/mol. The molecule has 2 aromatic heterocycles. The lowest BCUT2D eigenvalue weighted by Gasteiger charge is -2.04. The van der Waals surface area contributed by atoms with Crippen LogP contribution in [0.15, 0.2) is 35.3 Å². The molecule has 0 unspecified atom stereocenters. The van der Waals surface area contributed by atoms with Crippen LogP contribution in [-0.2, 0) is 6.54 Å². The molecule has 1 N–H and O–H groups in total. The summed E-state index contributed by atoms with van der Waals surface area (Å²) in [6, 6.07) is 3.53. The van der Waals surface area contributed by atoms with Gasteiger partial charge in [0.05, 0.1) is 10.4 Å². The molecule has 0 aliphatic rings. The van der Waals surface area contributed by atoms with Gasteiger partial charge in [0.2, 0.25) is 0 Å². The molecule has 14 heavy (non-hydrogen) atoms. The Morgan fingerprint density at radius 1 is 1.29 bits per heavy atom. The number of aromatic nitrogens is 1. The number of hydrogen-bond donors (Lipinski definition) is 1. The maximum absolute atomic E-state index is 7.35. The van der Waals surface area contributed by atoms with Crippen LogP contribution in [0.1, 0.15) is 5.56 Å². The van der Waals surface area contributed by atoms with Gasteiger partial charge in [0.1, 0.15) is 0 Å². The van der Waals surface area contributed by atoms with Crippen LogP contribution in [0.5, 0.6) is 0 Å². The Hall–Kier alpha value is -1.06. The van der Waals surface area contributed by atoms with Crippen molar-refractivity contribution >= 4 is 22.9 Å². The molecule has 0 aliphatic heterocycles. The summed E-state index contributed by atoms with van der Waals surface area (Å²) in [5, 5.41) is 12.7. The molecular formula is C10H9ClN2S. The second-order valence-corrected chi connectivity index (χ2v) is 4.15. The Kier molecular flexibility index (Phi) is 2.70. The maximum Gasteiger partial charge on any atom is 0.0568 e. The molecule has 72 valence electrons. The molecule has 0 radical (unpaired) electrons. The highest BCUT2D eigenvalue weighted by Gasteiger charge is 2.00. The predicted octanol–water partition coefficient (Wildman–Crippen LogP) is 2.73. The van der Waals surface area contributed by atoms with E-state index in [0.717, 1.165) is 17.1 Å². The first kappa shape index (κ1) is 9.49. The van der Waals surface area contributed by atoms with Crippen LogP contribution in [-0.4, -0.2) is 4.57 Å². The van der Waals surface area contributed by atoms with Gasteiger partial charge in [-0.05, 0) is 17.5 Å². The van der Waals surface area contributed by atoms with Crippen molar-refractivity contribution in [1.82, 2.24) is 4.57 Å². The van der Waals surface area contributed by atoms with Crippen molar-refractivity contribution < 1.29 is 0 Å². The minimum Gasteiger partial charge on any atom is -0.350 e. The quantitative estimate of drug-likeness (QED) is 0.813. The molecule has 0 aliphatic carbocycles. The lowest BCUT2D eigenvalue weighted by Crippen LogP contribution is -2.04. The highest BCUT2D eigenvalue weighted by molar-refractivity contribution is 7.08. The summed E-state index contributed by atoms with van der Waals surface area (Å²) in [5.41, 5.74) is 1.12. The van der Waals surface area contributed by atoms with Crippen LogP contribution in [0.4, 0.5) is 0 Å². The maximum atomic E-state index is 7.35. The van der Waals surface area contributed by atoms with Gasteiger partial charge in [-0.2, -0.15) is 11.3 Å². The molecular weight excluding hydrogens is 216 g/mol. The van der Waals surface area contributed by atoms with Crippen LogP contribution in [0, 0.1) is 5.41 Å². The van der Waals surface area contributed by atoms with Gasteiger partial charge in [0.15, 0.2) is 0 Å². The fourth-order valence-electron chi connectivity index (χ4n) is 1.18. The molecule has 0 fully saturated rings.